The molecule has 0 spiro atoms. The maximum atomic E-state index is 11.8. The van der Waals surface area contributed by atoms with Gasteiger partial charge >= 0.3 is 11.9 Å². The zero-order valence-corrected chi connectivity index (χ0v) is 18.0. The Morgan fingerprint density at radius 2 is 1.21 bits per heavy atom. The molecule has 0 rings (SSSR count). The van der Waals surface area contributed by atoms with Crippen LogP contribution in [0, 0.1) is 0 Å². The Hall–Kier alpha value is -1.59. The number of hydrogen-bond acceptors (Lipinski definition) is 4. The molecule has 1 atom stereocenters. The topological polar surface area (TPSA) is 92.7 Å². The largest absolute Gasteiger partial charge is 0.480 e. The number of unbranched alkanes of at least 4 members (excludes halogenated alkanes) is 13. The molecule has 0 bridgehead atoms. The first-order valence-corrected chi connectivity index (χ1v) is 11.1. The fraction of sp³-hybridized carbons (Fsp3) is 0.864. The van der Waals surface area contributed by atoms with Crippen LogP contribution in [0.5, 0.6) is 0 Å². The van der Waals surface area contributed by atoms with Gasteiger partial charge in [0.05, 0.1) is 13.5 Å². The highest BCUT2D eigenvalue weighted by molar-refractivity contribution is 5.87. The minimum atomic E-state index is -1.22. The second kappa shape index (κ2) is 18.8. The second-order valence-corrected chi connectivity index (χ2v) is 7.58. The predicted octanol–water partition coefficient (Wildman–Crippen LogP) is 4.99. The Bertz CT molecular complexity index is 425. The van der Waals surface area contributed by atoms with Crippen molar-refractivity contribution in [2.45, 2.75) is 116 Å². The second-order valence-electron chi connectivity index (χ2n) is 7.58. The minimum absolute atomic E-state index is 0.295. The van der Waals surface area contributed by atoms with Crippen LogP contribution in [0.3, 0.4) is 0 Å². The van der Waals surface area contributed by atoms with Crippen molar-refractivity contribution in [3.8, 4) is 0 Å². The first-order valence-electron chi connectivity index (χ1n) is 11.1. The first-order chi connectivity index (χ1) is 13.5. The van der Waals surface area contributed by atoms with E-state index in [4.69, 9.17) is 5.11 Å². The first kappa shape index (κ1) is 26.4. The van der Waals surface area contributed by atoms with E-state index in [0.717, 1.165) is 19.3 Å². The van der Waals surface area contributed by atoms with E-state index < -0.39 is 18.0 Å². The van der Waals surface area contributed by atoms with Crippen LogP contribution in [0.25, 0.3) is 0 Å². The van der Waals surface area contributed by atoms with E-state index in [0.29, 0.717) is 6.42 Å². The molecule has 1 amide bonds. The number of rotatable bonds is 19. The highest BCUT2D eigenvalue weighted by Gasteiger charge is 2.23. The fourth-order valence-corrected chi connectivity index (χ4v) is 3.20. The number of amides is 1. The van der Waals surface area contributed by atoms with Gasteiger partial charge < -0.3 is 15.2 Å². The van der Waals surface area contributed by atoms with E-state index in [1.165, 1.54) is 77.7 Å². The molecule has 0 heterocycles. The summed E-state index contributed by atoms with van der Waals surface area (Å²) in [4.78, 5) is 34.1. The molecule has 6 heteroatoms. The lowest BCUT2D eigenvalue weighted by atomic mass is 10.0. The monoisotopic (exact) mass is 399 g/mol. The van der Waals surface area contributed by atoms with Gasteiger partial charge in [0.15, 0.2) is 0 Å². The molecule has 0 unspecified atom stereocenters. The number of hydrogen-bond donors (Lipinski definition) is 2. The quantitative estimate of drug-likeness (QED) is 0.236. The van der Waals surface area contributed by atoms with Crippen LogP contribution in [0.4, 0.5) is 0 Å². The van der Waals surface area contributed by atoms with Crippen molar-refractivity contribution in [3.05, 3.63) is 0 Å². The minimum Gasteiger partial charge on any atom is -0.480 e. The molecular formula is C22H41NO5. The third kappa shape index (κ3) is 16.6. The SMILES string of the molecule is CCCCCCCCCCCCCCCCC(=O)N[C@@H](CC(=O)OC)C(=O)O. The van der Waals surface area contributed by atoms with Crippen LogP contribution in [0.15, 0.2) is 0 Å². The van der Waals surface area contributed by atoms with Gasteiger partial charge in [-0.1, -0.05) is 90.4 Å². The number of carboxylic acids is 1. The van der Waals surface area contributed by atoms with Crippen LogP contribution in [0.1, 0.15) is 110 Å². The number of carbonyl (C=O) groups excluding carboxylic acids is 2. The molecule has 6 nitrogen and oxygen atoms in total. The number of aliphatic carboxylic acids is 1. The summed E-state index contributed by atoms with van der Waals surface area (Å²) in [5.74, 6) is -2.20. The molecule has 0 aliphatic heterocycles. The van der Waals surface area contributed by atoms with Crippen molar-refractivity contribution in [2.24, 2.45) is 0 Å². The lowest BCUT2D eigenvalue weighted by Gasteiger charge is -2.13. The average Bonchev–Trinajstić information content (AvgIpc) is 2.67. The van der Waals surface area contributed by atoms with Gasteiger partial charge in [0.1, 0.15) is 6.04 Å². The van der Waals surface area contributed by atoms with Crippen molar-refractivity contribution in [1.82, 2.24) is 5.32 Å². The molecule has 28 heavy (non-hydrogen) atoms. The molecule has 0 saturated carbocycles. The number of carboxylic acid groups (broad SMARTS) is 1. The molecule has 0 aliphatic carbocycles. The molecule has 0 aromatic rings. The molecule has 0 aromatic carbocycles. The van der Waals surface area contributed by atoms with E-state index >= 15 is 0 Å². The summed E-state index contributed by atoms with van der Waals surface area (Å²) < 4.78 is 4.45. The van der Waals surface area contributed by atoms with E-state index in [9.17, 15) is 14.4 Å². The van der Waals surface area contributed by atoms with Crippen molar-refractivity contribution in [1.29, 1.82) is 0 Å². The Morgan fingerprint density at radius 1 is 0.786 bits per heavy atom. The Balaban J connectivity index is 3.51. The molecule has 2 N–H and O–H groups in total. The molecule has 0 aliphatic rings. The predicted molar refractivity (Wildman–Crippen MR) is 111 cm³/mol. The van der Waals surface area contributed by atoms with E-state index in [-0.39, 0.29) is 12.3 Å². The summed E-state index contributed by atoms with van der Waals surface area (Å²) in [5.41, 5.74) is 0. The van der Waals surface area contributed by atoms with Gasteiger partial charge in [-0.15, -0.1) is 0 Å². The number of nitrogens with one attached hydrogen (secondary N) is 1. The van der Waals surface area contributed by atoms with Gasteiger partial charge in [0.2, 0.25) is 5.91 Å². The summed E-state index contributed by atoms with van der Waals surface area (Å²) in [6, 6.07) is -1.22. The Kier molecular flexibility index (Phi) is 17.7. The molecular weight excluding hydrogens is 358 g/mol. The number of carbonyl (C=O) groups is 3. The van der Waals surface area contributed by atoms with Crippen molar-refractivity contribution in [2.75, 3.05) is 7.11 Å². The summed E-state index contributed by atoms with van der Waals surface area (Å²) >= 11 is 0. The third-order valence-corrected chi connectivity index (χ3v) is 4.99. The fourth-order valence-electron chi connectivity index (χ4n) is 3.20. The van der Waals surface area contributed by atoms with Gasteiger partial charge in [-0.05, 0) is 6.42 Å². The summed E-state index contributed by atoms with van der Waals surface area (Å²) in [6.45, 7) is 2.25. The molecule has 0 fully saturated rings. The summed E-state index contributed by atoms with van der Waals surface area (Å²) in [5, 5.41) is 11.4. The van der Waals surface area contributed by atoms with Gasteiger partial charge in [0.25, 0.3) is 0 Å². The molecule has 0 saturated heterocycles. The van der Waals surface area contributed by atoms with Gasteiger partial charge in [-0.25, -0.2) is 4.79 Å². The number of esters is 1. The van der Waals surface area contributed by atoms with E-state index in [1.807, 2.05) is 0 Å². The Morgan fingerprint density at radius 3 is 1.61 bits per heavy atom. The van der Waals surface area contributed by atoms with Crippen molar-refractivity contribution in [3.63, 3.8) is 0 Å². The smallest absolute Gasteiger partial charge is 0.326 e. The molecule has 0 aromatic heterocycles. The van der Waals surface area contributed by atoms with E-state index in [2.05, 4.69) is 17.0 Å². The zero-order valence-electron chi connectivity index (χ0n) is 18.0. The van der Waals surface area contributed by atoms with Gasteiger partial charge in [0, 0.05) is 6.42 Å². The molecule has 164 valence electrons. The average molecular weight is 400 g/mol. The van der Waals surface area contributed by atoms with Crippen LogP contribution in [-0.2, 0) is 19.1 Å². The lowest BCUT2D eigenvalue weighted by molar-refractivity contribution is -0.148. The number of methoxy groups -OCH3 is 1. The zero-order chi connectivity index (χ0) is 21.0. The van der Waals surface area contributed by atoms with Crippen LogP contribution in [-0.4, -0.2) is 36.1 Å². The van der Waals surface area contributed by atoms with Gasteiger partial charge in [-0.2, -0.15) is 0 Å². The number of ether oxygens (including phenoxy) is 1. The standard InChI is InChI=1S/C22H41NO5/c1-3-4-5-6-7-8-9-10-11-12-13-14-15-16-17-20(24)23-19(22(26)27)18-21(25)28-2/h19H,3-18H2,1-2H3,(H,23,24)(H,26,27)/t19-/m0/s1. The van der Waals surface area contributed by atoms with Crippen LogP contribution >= 0.6 is 0 Å². The van der Waals surface area contributed by atoms with E-state index in [1.54, 1.807) is 0 Å². The Labute approximate surface area is 170 Å². The highest BCUT2D eigenvalue weighted by Crippen LogP contribution is 2.13. The third-order valence-electron chi connectivity index (χ3n) is 4.99. The van der Waals surface area contributed by atoms with Crippen molar-refractivity contribution >= 4 is 17.8 Å². The summed E-state index contributed by atoms with van der Waals surface area (Å²) in [7, 11) is 1.19. The maximum absolute atomic E-state index is 11.8. The lowest BCUT2D eigenvalue weighted by Crippen LogP contribution is -2.42. The summed E-state index contributed by atoms with van der Waals surface area (Å²) in [6.07, 6.45) is 17.4. The maximum Gasteiger partial charge on any atom is 0.326 e. The van der Waals surface area contributed by atoms with Crippen LogP contribution < -0.4 is 5.32 Å². The normalized spacial score (nSPS) is 11.8. The highest BCUT2D eigenvalue weighted by atomic mass is 16.5. The van der Waals surface area contributed by atoms with Crippen LogP contribution in [0.2, 0.25) is 0 Å². The van der Waals surface area contributed by atoms with Crippen molar-refractivity contribution < 1.29 is 24.2 Å². The van der Waals surface area contributed by atoms with Gasteiger partial charge in [-0.3, -0.25) is 9.59 Å². The molecule has 0 radical (unpaired) electrons.